The van der Waals surface area contributed by atoms with Gasteiger partial charge >= 0.3 is 6.18 Å². The van der Waals surface area contributed by atoms with Crippen LogP contribution in [0.15, 0.2) is 24.3 Å². The first-order valence-corrected chi connectivity index (χ1v) is 9.96. The van der Waals surface area contributed by atoms with Gasteiger partial charge in [-0.15, -0.1) is 0 Å². The van der Waals surface area contributed by atoms with Crippen LogP contribution in [0.3, 0.4) is 0 Å². The Morgan fingerprint density at radius 3 is 2.45 bits per heavy atom. The number of nitrogens with two attached hydrogens (primary N) is 1. The maximum Gasteiger partial charge on any atom is 0.416 e. The number of benzene rings is 1. The van der Waals surface area contributed by atoms with Crippen LogP contribution >= 0.6 is 0 Å². The number of carbonyl (C=O) groups is 2. The number of piperazine rings is 1. The van der Waals surface area contributed by atoms with E-state index >= 15 is 0 Å². The van der Waals surface area contributed by atoms with Crippen molar-refractivity contribution in [2.45, 2.75) is 37.9 Å². The molecule has 160 valence electrons. The molecule has 2 heterocycles. The standard InChI is InChI=1S/C20H27F3N4O2/c21-20(22,23)15-3-1-4-16(13-15)25-9-11-26(12-10-25)17-5-2-8-27(14-17)19(29)7-6-18(24)28/h1,3-4,13,17H,2,5-12,14H2,(H2,24,28)/t17-/m1/s1. The first-order valence-electron chi connectivity index (χ1n) is 9.96. The fourth-order valence-corrected chi connectivity index (χ4v) is 4.09. The van der Waals surface area contributed by atoms with Crippen LogP contribution in [0.5, 0.6) is 0 Å². The number of piperidine rings is 1. The van der Waals surface area contributed by atoms with E-state index in [9.17, 15) is 22.8 Å². The Morgan fingerprint density at radius 1 is 1.07 bits per heavy atom. The maximum absolute atomic E-state index is 13.0. The van der Waals surface area contributed by atoms with E-state index in [1.165, 1.54) is 12.1 Å². The molecule has 2 amide bonds. The van der Waals surface area contributed by atoms with Crippen molar-refractivity contribution in [2.75, 3.05) is 44.2 Å². The van der Waals surface area contributed by atoms with Crippen molar-refractivity contribution >= 4 is 17.5 Å². The van der Waals surface area contributed by atoms with Gasteiger partial charge in [0.2, 0.25) is 11.8 Å². The Hall–Kier alpha value is -2.29. The summed E-state index contributed by atoms with van der Waals surface area (Å²) >= 11 is 0. The number of amides is 2. The minimum atomic E-state index is -4.34. The Bertz CT molecular complexity index is 733. The Balaban J connectivity index is 1.54. The summed E-state index contributed by atoms with van der Waals surface area (Å²) in [4.78, 5) is 29.3. The lowest BCUT2D eigenvalue weighted by atomic mass is 10.0. The smallest absolute Gasteiger partial charge is 0.370 e. The molecule has 3 rings (SSSR count). The molecule has 0 radical (unpaired) electrons. The van der Waals surface area contributed by atoms with E-state index < -0.39 is 17.6 Å². The molecule has 2 saturated heterocycles. The van der Waals surface area contributed by atoms with Crippen molar-refractivity contribution in [3.63, 3.8) is 0 Å². The molecule has 0 unspecified atom stereocenters. The molecule has 6 nitrogen and oxygen atoms in total. The summed E-state index contributed by atoms with van der Waals surface area (Å²) < 4.78 is 38.9. The highest BCUT2D eigenvalue weighted by Crippen LogP contribution is 2.32. The van der Waals surface area contributed by atoms with Gasteiger partial charge in [0.1, 0.15) is 0 Å². The Labute approximate surface area is 168 Å². The lowest BCUT2D eigenvalue weighted by Crippen LogP contribution is -2.56. The van der Waals surface area contributed by atoms with Crippen molar-refractivity contribution in [3.8, 4) is 0 Å². The van der Waals surface area contributed by atoms with E-state index in [0.717, 1.165) is 32.0 Å². The second-order valence-corrected chi connectivity index (χ2v) is 7.67. The normalized spacial score (nSPS) is 21.3. The van der Waals surface area contributed by atoms with Crippen molar-refractivity contribution in [1.29, 1.82) is 0 Å². The van der Waals surface area contributed by atoms with E-state index in [2.05, 4.69) is 4.90 Å². The zero-order valence-electron chi connectivity index (χ0n) is 16.3. The maximum atomic E-state index is 13.0. The molecular weight excluding hydrogens is 385 g/mol. The van der Waals surface area contributed by atoms with Crippen LogP contribution in [-0.2, 0) is 15.8 Å². The third-order valence-electron chi connectivity index (χ3n) is 5.70. The number of anilines is 1. The number of alkyl halides is 3. The second-order valence-electron chi connectivity index (χ2n) is 7.67. The molecule has 0 aromatic heterocycles. The van der Waals surface area contributed by atoms with Gasteiger partial charge in [-0.1, -0.05) is 6.07 Å². The van der Waals surface area contributed by atoms with Gasteiger partial charge in [0.25, 0.3) is 0 Å². The van der Waals surface area contributed by atoms with Crippen LogP contribution < -0.4 is 10.6 Å². The average molecular weight is 412 g/mol. The number of hydrogen-bond donors (Lipinski definition) is 1. The van der Waals surface area contributed by atoms with E-state index in [0.29, 0.717) is 31.9 Å². The van der Waals surface area contributed by atoms with E-state index in [1.54, 1.807) is 11.0 Å². The lowest BCUT2D eigenvalue weighted by Gasteiger charge is -2.44. The molecule has 0 bridgehead atoms. The highest BCUT2D eigenvalue weighted by Gasteiger charge is 2.32. The number of nitrogens with zero attached hydrogens (tertiary/aromatic N) is 3. The molecule has 29 heavy (non-hydrogen) atoms. The molecule has 0 spiro atoms. The summed E-state index contributed by atoms with van der Waals surface area (Å²) in [5.41, 5.74) is 5.08. The molecule has 2 aliphatic rings. The van der Waals surface area contributed by atoms with E-state index in [4.69, 9.17) is 5.73 Å². The van der Waals surface area contributed by atoms with Gasteiger partial charge in [-0.25, -0.2) is 0 Å². The summed E-state index contributed by atoms with van der Waals surface area (Å²) in [6, 6.07) is 5.69. The summed E-state index contributed by atoms with van der Waals surface area (Å²) in [5.74, 6) is -0.520. The number of halogens is 3. The molecule has 2 N–H and O–H groups in total. The molecule has 9 heteroatoms. The van der Waals surface area contributed by atoms with Gasteiger partial charge in [-0.05, 0) is 31.0 Å². The van der Waals surface area contributed by atoms with Crippen LogP contribution in [0.1, 0.15) is 31.2 Å². The Kier molecular flexibility index (Phi) is 6.66. The average Bonchev–Trinajstić information content (AvgIpc) is 2.71. The minimum Gasteiger partial charge on any atom is -0.370 e. The zero-order valence-corrected chi connectivity index (χ0v) is 16.3. The lowest BCUT2D eigenvalue weighted by molar-refractivity contribution is -0.137. The quantitative estimate of drug-likeness (QED) is 0.804. The molecule has 2 aliphatic heterocycles. The topological polar surface area (TPSA) is 69.9 Å². The Morgan fingerprint density at radius 2 is 1.79 bits per heavy atom. The van der Waals surface area contributed by atoms with Crippen molar-refractivity contribution in [1.82, 2.24) is 9.80 Å². The third kappa shape index (κ3) is 5.62. The number of primary amides is 1. The van der Waals surface area contributed by atoms with Gasteiger partial charge in [0, 0.05) is 63.8 Å². The summed E-state index contributed by atoms with van der Waals surface area (Å²) in [6.45, 7) is 4.09. The monoisotopic (exact) mass is 412 g/mol. The van der Waals surface area contributed by atoms with Crippen molar-refractivity contribution < 1.29 is 22.8 Å². The molecule has 1 aromatic rings. The minimum absolute atomic E-state index is 0.0453. The molecule has 0 aliphatic carbocycles. The molecule has 1 atom stereocenters. The van der Waals surface area contributed by atoms with Gasteiger partial charge < -0.3 is 15.5 Å². The summed E-state index contributed by atoms with van der Waals surface area (Å²) in [6.07, 6.45) is -2.24. The number of hydrogen-bond acceptors (Lipinski definition) is 4. The zero-order chi connectivity index (χ0) is 21.0. The van der Waals surface area contributed by atoms with Crippen LogP contribution in [-0.4, -0.2) is 66.9 Å². The fraction of sp³-hybridized carbons (Fsp3) is 0.600. The van der Waals surface area contributed by atoms with E-state index in [-0.39, 0.29) is 24.8 Å². The highest BCUT2D eigenvalue weighted by molar-refractivity contribution is 5.82. The largest absolute Gasteiger partial charge is 0.416 e. The number of rotatable bonds is 5. The number of likely N-dealkylation sites (tertiary alicyclic amines) is 1. The van der Waals surface area contributed by atoms with Crippen LogP contribution in [0.25, 0.3) is 0 Å². The van der Waals surface area contributed by atoms with Crippen molar-refractivity contribution in [2.24, 2.45) is 5.73 Å². The first kappa shape index (κ1) is 21.4. The molecule has 1 aromatic carbocycles. The van der Waals surface area contributed by atoms with Gasteiger partial charge in [0.05, 0.1) is 5.56 Å². The van der Waals surface area contributed by atoms with Crippen LogP contribution in [0, 0.1) is 0 Å². The second kappa shape index (κ2) is 9.02. The fourth-order valence-electron chi connectivity index (χ4n) is 4.09. The summed E-state index contributed by atoms with van der Waals surface area (Å²) in [7, 11) is 0. The van der Waals surface area contributed by atoms with Crippen LogP contribution in [0.4, 0.5) is 18.9 Å². The predicted octanol–water partition coefficient (Wildman–Crippen LogP) is 2.08. The van der Waals surface area contributed by atoms with Gasteiger partial charge in [-0.2, -0.15) is 13.2 Å². The third-order valence-corrected chi connectivity index (χ3v) is 5.70. The first-order chi connectivity index (χ1) is 13.7. The number of carbonyl (C=O) groups excluding carboxylic acids is 2. The highest BCUT2D eigenvalue weighted by atomic mass is 19.4. The predicted molar refractivity (Wildman–Crippen MR) is 103 cm³/mol. The van der Waals surface area contributed by atoms with Gasteiger partial charge in [-0.3, -0.25) is 14.5 Å². The summed E-state index contributed by atoms with van der Waals surface area (Å²) in [5, 5.41) is 0. The van der Waals surface area contributed by atoms with E-state index in [1.807, 2.05) is 4.90 Å². The van der Waals surface area contributed by atoms with Crippen LogP contribution in [0.2, 0.25) is 0 Å². The molecule has 2 fully saturated rings. The molecular formula is C20H27F3N4O2. The van der Waals surface area contributed by atoms with Gasteiger partial charge in [0.15, 0.2) is 0 Å². The molecule has 0 saturated carbocycles. The van der Waals surface area contributed by atoms with Crippen molar-refractivity contribution in [3.05, 3.63) is 29.8 Å². The SMILES string of the molecule is NC(=O)CCC(=O)N1CCC[C@@H](N2CCN(c3cccc(C(F)(F)F)c3)CC2)C1.